The van der Waals surface area contributed by atoms with Crippen LogP contribution in [0.4, 0.5) is 4.79 Å². The maximum atomic E-state index is 12.5. The second-order valence-corrected chi connectivity index (χ2v) is 7.72. The van der Waals surface area contributed by atoms with E-state index in [-0.39, 0.29) is 6.03 Å². The minimum absolute atomic E-state index is 0.00613. The fraction of sp³-hybridized carbons (Fsp3) is 0.632. The van der Waals surface area contributed by atoms with Crippen LogP contribution in [0.5, 0.6) is 0 Å². The van der Waals surface area contributed by atoms with Gasteiger partial charge in [0.05, 0.1) is 0 Å². The number of carbonyl (C=O) groups excluding carboxylic acids is 1. The summed E-state index contributed by atoms with van der Waals surface area (Å²) in [6.45, 7) is 8.65. The largest absolute Gasteiger partial charge is 0.334 e. The molecule has 140 valence electrons. The van der Waals surface area contributed by atoms with Gasteiger partial charge in [-0.15, -0.1) is 0 Å². The Hall–Kier alpha value is -1.30. The first-order valence-corrected chi connectivity index (χ1v) is 9.42. The topological polar surface area (TPSA) is 38.8 Å². The van der Waals surface area contributed by atoms with Crippen LogP contribution in [0.1, 0.15) is 25.8 Å². The molecule has 1 aromatic carbocycles. The molecule has 0 aromatic heterocycles. The van der Waals surface area contributed by atoms with E-state index in [0.29, 0.717) is 23.7 Å². The Morgan fingerprint density at radius 3 is 2.56 bits per heavy atom. The highest BCUT2D eigenvalue weighted by molar-refractivity contribution is 6.30. The summed E-state index contributed by atoms with van der Waals surface area (Å²) in [5.41, 5.74) is 1.02. The summed E-state index contributed by atoms with van der Waals surface area (Å²) in [4.78, 5) is 19.2. The summed E-state index contributed by atoms with van der Waals surface area (Å²) in [5, 5.41) is 3.71. The molecule has 0 saturated carbocycles. The molecular formula is C19H31ClN4O. The average molecular weight is 367 g/mol. The number of hydrogen-bond donors (Lipinski definition) is 1. The molecule has 1 N–H and O–H groups in total. The summed E-state index contributed by atoms with van der Waals surface area (Å²) >= 11 is 5.99. The number of hydrogen-bond acceptors (Lipinski definition) is 3. The van der Waals surface area contributed by atoms with E-state index in [1.54, 1.807) is 0 Å². The fourth-order valence-corrected chi connectivity index (χ4v) is 3.68. The first-order valence-electron chi connectivity index (χ1n) is 9.04. The van der Waals surface area contributed by atoms with Crippen molar-refractivity contribution in [3.05, 3.63) is 34.9 Å². The lowest BCUT2D eigenvalue weighted by Gasteiger charge is -2.44. The summed E-state index contributed by atoms with van der Waals surface area (Å²) in [6.07, 6.45) is 1.16. The molecule has 1 fully saturated rings. The van der Waals surface area contributed by atoms with Crippen molar-refractivity contribution in [3.63, 3.8) is 0 Å². The van der Waals surface area contributed by atoms with Crippen molar-refractivity contribution in [2.24, 2.45) is 0 Å². The molecule has 1 aromatic rings. The van der Waals surface area contributed by atoms with Crippen molar-refractivity contribution < 1.29 is 4.79 Å². The van der Waals surface area contributed by atoms with E-state index in [9.17, 15) is 4.79 Å². The number of carbonyl (C=O) groups is 1. The maximum Gasteiger partial charge on any atom is 0.317 e. The van der Waals surface area contributed by atoms with Crippen LogP contribution in [0.25, 0.3) is 0 Å². The third-order valence-electron chi connectivity index (χ3n) is 4.74. The zero-order chi connectivity index (χ0) is 18.4. The maximum absolute atomic E-state index is 12.5. The molecule has 2 unspecified atom stereocenters. The lowest BCUT2D eigenvalue weighted by Crippen LogP contribution is -2.59. The predicted octanol–water partition coefficient (Wildman–Crippen LogP) is 2.90. The molecule has 5 nitrogen and oxygen atoms in total. The van der Waals surface area contributed by atoms with Gasteiger partial charge in [-0.25, -0.2) is 4.79 Å². The average Bonchev–Trinajstić information content (AvgIpc) is 2.54. The SMILES string of the molecule is CC1CN(C(=O)NCc2cccc(Cl)c2)CC(C)N1CCCN(C)C. The molecule has 0 radical (unpaired) electrons. The van der Waals surface area contributed by atoms with Crippen molar-refractivity contribution in [3.8, 4) is 0 Å². The van der Waals surface area contributed by atoms with E-state index in [1.807, 2.05) is 29.2 Å². The Morgan fingerprint density at radius 1 is 1.28 bits per heavy atom. The monoisotopic (exact) mass is 366 g/mol. The highest BCUT2D eigenvalue weighted by atomic mass is 35.5. The summed E-state index contributed by atoms with van der Waals surface area (Å²) < 4.78 is 0. The second kappa shape index (κ2) is 9.41. The van der Waals surface area contributed by atoms with Gasteiger partial charge in [-0.3, -0.25) is 4.90 Å². The zero-order valence-corrected chi connectivity index (χ0v) is 16.6. The van der Waals surface area contributed by atoms with Gasteiger partial charge in [0.2, 0.25) is 0 Å². The van der Waals surface area contributed by atoms with Crippen LogP contribution >= 0.6 is 11.6 Å². The molecule has 2 amide bonds. The lowest BCUT2D eigenvalue weighted by molar-refractivity contribution is 0.0530. The van der Waals surface area contributed by atoms with Crippen LogP contribution in [0.3, 0.4) is 0 Å². The third kappa shape index (κ3) is 6.17. The minimum atomic E-state index is 0.00613. The van der Waals surface area contributed by atoms with Gasteiger partial charge in [-0.2, -0.15) is 0 Å². The Kier molecular flexibility index (Phi) is 7.54. The van der Waals surface area contributed by atoms with E-state index < -0.39 is 0 Å². The number of piperazine rings is 1. The number of nitrogens with one attached hydrogen (secondary N) is 1. The van der Waals surface area contributed by atoms with Crippen LogP contribution in [-0.2, 0) is 6.54 Å². The molecule has 1 aliphatic rings. The van der Waals surface area contributed by atoms with Crippen molar-refractivity contribution in [2.75, 3.05) is 40.3 Å². The third-order valence-corrected chi connectivity index (χ3v) is 4.98. The Bertz CT molecular complexity index is 554. The van der Waals surface area contributed by atoms with Crippen LogP contribution in [0.2, 0.25) is 5.02 Å². The highest BCUT2D eigenvalue weighted by Gasteiger charge is 2.31. The van der Waals surface area contributed by atoms with Gasteiger partial charge in [0.25, 0.3) is 0 Å². The molecule has 1 heterocycles. The molecule has 0 spiro atoms. The molecular weight excluding hydrogens is 336 g/mol. The molecule has 2 rings (SSSR count). The molecule has 1 aliphatic heterocycles. The number of halogens is 1. The summed E-state index contributed by atoms with van der Waals surface area (Å²) in [7, 11) is 4.21. The lowest BCUT2D eigenvalue weighted by atomic mass is 10.1. The van der Waals surface area contributed by atoms with Crippen molar-refractivity contribution in [1.29, 1.82) is 0 Å². The summed E-state index contributed by atoms with van der Waals surface area (Å²) in [5.74, 6) is 0. The quantitative estimate of drug-likeness (QED) is 0.841. The molecule has 0 bridgehead atoms. The predicted molar refractivity (Wildman–Crippen MR) is 104 cm³/mol. The molecule has 1 saturated heterocycles. The number of urea groups is 1. The van der Waals surface area contributed by atoms with E-state index in [0.717, 1.165) is 38.2 Å². The molecule has 0 aliphatic carbocycles. The first kappa shape index (κ1) is 20.0. The molecule has 25 heavy (non-hydrogen) atoms. The van der Waals surface area contributed by atoms with Gasteiger partial charge in [-0.1, -0.05) is 23.7 Å². The van der Waals surface area contributed by atoms with Gasteiger partial charge >= 0.3 is 6.03 Å². The molecule has 6 heteroatoms. The van der Waals surface area contributed by atoms with E-state index in [4.69, 9.17) is 11.6 Å². The van der Waals surface area contributed by atoms with E-state index in [2.05, 4.69) is 43.1 Å². The second-order valence-electron chi connectivity index (χ2n) is 7.29. The van der Waals surface area contributed by atoms with Crippen LogP contribution in [0.15, 0.2) is 24.3 Å². The highest BCUT2D eigenvalue weighted by Crippen LogP contribution is 2.17. The van der Waals surface area contributed by atoms with Gasteiger partial charge in [0.1, 0.15) is 0 Å². The summed E-state index contributed by atoms with van der Waals surface area (Å²) in [6, 6.07) is 8.36. The van der Waals surface area contributed by atoms with Crippen LogP contribution in [0, 0.1) is 0 Å². The van der Waals surface area contributed by atoms with Gasteiger partial charge in [0.15, 0.2) is 0 Å². The van der Waals surface area contributed by atoms with Crippen molar-refractivity contribution in [2.45, 2.75) is 38.9 Å². The number of amides is 2. The Morgan fingerprint density at radius 2 is 1.96 bits per heavy atom. The number of nitrogens with zero attached hydrogens (tertiary/aromatic N) is 3. The zero-order valence-electron chi connectivity index (χ0n) is 15.8. The first-order chi connectivity index (χ1) is 11.9. The smallest absolute Gasteiger partial charge is 0.317 e. The normalized spacial score (nSPS) is 21.6. The van der Waals surface area contributed by atoms with E-state index in [1.165, 1.54) is 0 Å². The standard InChI is InChI=1S/C19H31ClN4O/c1-15-13-23(14-16(2)24(15)10-6-9-22(3)4)19(25)21-12-17-7-5-8-18(20)11-17/h5,7-8,11,15-16H,6,9-10,12-14H2,1-4H3,(H,21,25). The van der Waals surface area contributed by atoms with Crippen LogP contribution < -0.4 is 5.32 Å². The van der Waals surface area contributed by atoms with Crippen LogP contribution in [-0.4, -0.2) is 73.1 Å². The minimum Gasteiger partial charge on any atom is -0.334 e. The Balaban J connectivity index is 1.82. The van der Waals surface area contributed by atoms with E-state index >= 15 is 0 Å². The number of rotatable bonds is 6. The van der Waals surface area contributed by atoms with Crippen molar-refractivity contribution in [1.82, 2.24) is 20.0 Å². The van der Waals surface area contributed by atoms with Gasteiger partial charge in [0, 0.05) is 43.3 Å². The number of benzene rings is 1. The Labute approximate surface area is 156 Å². The fourth-order valence-electron chi connectivity index (χ4n) is 3.47. The molecule has 2 atom stereocenters. The van der Waals surface area contributed by atoms with Crippen molar-refractivity contribution >= 4 is 17.6 Å². The van der Waals surface area contributed by atoms with Gasteiger partial charge < -0.3 is 15.1 Å². The van der Waals surface area contributed by atoms with Gasteiger partial charge in [-0.05, 0) is 58.6 Å².